The van der Waals surface area contributed by atoms with Crippen molar-refractivity contribution < 1.29 is 18.0 Å². The number of aromatic nitrogens is 5. The van der Waals surface area contributed by atoms with E-state index in [0.29, 0.717) is 5.82 Å². The van der Waals surface area contributed by atoms with Crippen LogP contribution in [0.3, 0.4) is 0 Å². The van der Waals surface area contributed by atoms with Gasteiger partial charge < -0.3 is 13.3 Å². The Labute approximate surface area is 266 Å². The molecule has 0 bridgehead atoms. The molecule has 44 heavy (non-hydrogen) atoms. The quantitative estimate of drug-likeness (QED) is 0.214. The van der Waals surface area contributed by atoms with Gasteiger partial charge in [0.2, 0.25) is 0 Å². The fraction of sp³-hybridized carbons (Fsp3) is 0.767. The maximum atomic E-state index is 13.7. The van der Waals surface area contributed by atoms with Crippen LogP contribution in [0.2, 0.25) is 54.4 Å². The van der Waals surface area contributed by atoms with E-state index in [0.717, 1.165) is 0 Å². The largest absolute Gasteiger partial charge is 0.406 e. The lowest BCUT2D eigenvalue weighted by atomic mass is 10.1. The zero-order chi connectivity index (χ0) is 33.7. The van der Waals surface area contributed by atoms with Crippen LogP contribution in [0.25, 0.3) is 10.7 Å². The summed E-state index contributed by atoms with van der Waals surface area (Å²) in [5.41, 5.74) is -2.10. The summed E-state index contributed by atoms with van der Waals surface area (Å²) in [7, 11) is -7.28. The van der Waals surface area contributed by atoms with Crippen LogP contribution in [0.15, 0.2) is 29.7 Å². The van der Waals surface area contributed by atoms with E-state index in [1.54, 1.807) is 12.3 Å². The maximum absolute atomic E-state index is 13.7. The summed E-state index contributed by atoms with van der Waals surface area (Å²) in [5.74, 6) is 0.329. The SMILES string of the molecule is [C-]#[N+][C@]1(CO[Si](C)(C)C(C)(C)C)O[C@@H](n2ccc(-n3cncn3)nc2=O)[C@H](O[Si](C)(C)C(C)(C)C)[C@@H]1O[Si](C)(C)C(C)(C)C. The molecular formula is C30H54N6O5Si3. The Balaban J connectivity index is 2.25. The fourth-order valence-corrected chi connectivity index (χ4v) is 7.63. The first-order chi connectivity index (χ1) is 19.8. The number of hydrogen-bond donors (Lipinski definition) is 0. The van der Waals surface area contributed by atoms with E-state index in [9.17, 15) is 4.79 Å². The van der Waals surface area contributed by atoms with Crippen LogP contribution in [-0.2, 0) is 18.0 Å². The molecule has 0 radical (unpaired) electrons. The molecule has 4 atom stereocenters. The molecule has 11 nitrogen and oxygen atoms in total. The second-order valence-corrected chi connectivity index (χ2v) is 30.8. The zero-order valence-corrected chi connectivity index (χ0v) is 32.5. The Kier molecular flexibility index (Phi) is 9.93. The predicted molar refractivity (Wildman–Crippen MR) is 180 cm³/mol. The molecule has 1 saturated heterocycles. The van der Waals surface area contributed by atoms with Crippen molar-refractivity contribution in [3.63, 3.8) is 0 Å². The summed E-state index contributed by atoms with van der Waals surface area (Å²) in [6, 6.07) is 1.68. The lowest BCUT2D eigenvalue weighted by Crippen LogP contribution is -2.58. The van der Waals surface area contributed by atoms with Crippen molar-refractivity contribution in [1.29, 1.82) is 0 Å². The average molecular weight is 663 g/mol. The Morgan fingerprint density at radius 3 is 1.93 bits per heavy atom. The van der Waals surface area contributed by atoms with Crippen LogP contribution in [0, 0.1) is 6.57 Å². The van der Waals surface area contributed by atoms with Gasteiger partial charge in [0.15, 0.2) is 43.1 Å². The molecule has 1 aliphatic rings. The minimum absolute atomic E-state index is 0.000632. The van der Waals surface area contributed by atoms with Crippen LogP contribution < -0.4 is 5.69 Å². The van der Waals surface area contributed by atoms with Crippen molar-refractivity contribution in [2.24, 2.45) is 0 Å². The molecule has 0 aliphatic carbocycles. The first kappa shape index (κ1) is 36.5. The van der Waals surface area contributed by atoms with Crippen molar-refractivity contribution >= 4 is 25.0 Å². The van der Waals surface area contributed by atoms with Crippen LogP contribution >= 0.6 is 0 Å². The highest BCUT2D eigenvalue weighted by Gasteiger charge is 2.67. The molecule has 0 amide bonds. The third kappa shape index (κ3) is 7.19. The third-order valence-electron chi connectivity index (χ3n) is 10.2. The van der Waals surface area contributed by atoms with Crippen molar-refractivity contribution in [3.8, 4) is 5.82 Å². The minimum Gasteiger partial charge on any atom is -0.406 e. The molecule has 3 rings (SSSR count). The average Bonchev–Trinajstić information content (AvgIpc) is 3.49. The van der Waals surface area contributed by atoms with Crippen molar-refractivity contribution in [3.05, 3.63) is 46.8 Å². The number of hydrogen-bond acceptors (Lipinski definition) is 8. The fourth-order valence-electron chi connectivity index (χ4n) is 4.05. The Morgan fingerprint density at radius 2 is 1.48 bits per heavy atom. The lowest BCUT2D eigenvalue weighted by Gasteiger charge is -2.44. The molecule has 1 aliphatic heterocycles. The second kappa shape index (κ2) is 12.0. The molecular weight excluding hydrogens is 609 g/mol. The van der Waals surface area contributed by atoms with Gasteiger partial charge in [-0.25, -0.2) is 21.0 Å². The lowest BCUT2D eigenvalue weighted by molar-refractivity contribution is -0.0964. The normalized spacial score (nSPS) is 24.0. The van der Waals surface area contributed by atoms with E-state index in [-0.39, 0.29) is 21.7 Å². The van der Waals surface area contributed by atoms with Gasteiger partial charge in [0.05, 0.1) is 0 Å². The van der Waals surface area contributed by atoms with Gasteiger partial charge in [0.1, 0.15) is 25.4 Å². The van der Waals surface area contributed by atoms with Gasteiger partial charge in [-0.1, -0.05) is 62.3 Å². The zero-order valence-electron chi connectivity index (χ0n) is 29.5. The summed E-state index contributed by atoms with van der Waals surface area (Å²) >= 11 is 0. The molecule has 2 aromatic heterocycles. The van der Waals surface area contributed by atoms with E-state index in [2.05, 4.69) is 122 Å². The van der Waals surface area contributed by atoms with E-state index >= 15 is 0 Å². The highest BCUT2D eigenvalue weighted by atomic mass is 28.4. The van der Waals surface area contributed by atoms with E-state index in [1.807, 2.05) is 0 Å². The molecule has 0 unspecified atom stereocenters. The van der Waals surface area contributed by atoms with Gasteiger partial charge >= 0.3 is 11.4 Å². The van der Waals surface area contributed by atoms with Gasteiger partial charge in [0, 0.05) is 6.20 Å². The standard InChI is InChI=1S/C30H54N6O5Si3/c1-27(2,3)42(11,12)38-19-30(31-10)24(41-44(15,16)29(7,8)9)23(40-43(13,14)28(4,5)6)25(39-30)35-18-17-22(34-26(35)37)36-21-32-20-33-36/h17-18,20-21,23-25H,19H2,1-9,11-16H3/t23-,24+,25-,30-/m1/s1. The van der Waals surface area contributed by atoms with Gasteiger partial charge in [0.25, 0.3) is 0 Å². The van der Waals surface area contributed by atoms with Gasteiger partial charge in [-0.15, -0.1) is 0 Å². The summed E-state index contributed by atoms with van der Waals surface area (Å²) in [5, 5.41) is 3.71. The second-order valence-electron chi connectivity index (χ2n) is 16.5. The van der Waals surface area contributed by atoms with E-state index < -0.39 is 54.8 Å². The molecule has 0 N–H and O–H groups in total. The molecule has 0 aromatic carbocycles. The Hall–Kier alpha value is -2.00. The first-order valence-electron chi connectivity index (χ1n) is 15.3. The highest BCUT2D eigenvalue weighted by Crippen LogP contribution is 2.50. The van der Waals surface area contributed by atoms with Crippen molar-refractivity contribution in [2.75, 3.05) is 6.61 Å². The minimum atomic E-state index is -2.49. The monoisotopic (exact) mass is 662 g/mol. The Bertz CT molecular complexity index is 1400. The topological polar surface area (TPSA) is 107 Å². The van der Waals surface area contributed by atoms with Crippen LogP contribution in [0.5, 0.6) is 0 Å². The molecule has 1 fully saturated rings. The van der Waals surface area contributed by atoms with Crippen molar-refractivity contribution in [2.45, 2.75) is 141 Å². The van der Waals surface area contributed by atoms with Crippen molar-refractivity contribution in [1.82, 2.24) is 24.3 Å². The number of rotatable bonds is 9. The van der Waals surface area contributed by atoms with E-state index in [4.69, 9.17) is 24.6 Å². The molecule has 2 aromatic rings. The Morgan fingerprint density at radius 1 is 0.932 bits per heavy atom. The molecule has 246 valence electrons. The maximum Gasteiger partial charge on any atom is 0.388 e. The predicted octanol–water partition coefficient (Wildman–Crippen LogP) is 6.77. The van der Waals surface area contributed by atoms with Crippen LogP contribution in [0.1, 0.15) is 68.5 Å². The third-order valence-corrected chi connectivity index (χ3v) is 23.6. The summed E-state index contributed by atoms with van der Waals surface area (Å²) < 4.78 is 30.6. The van der Waals surface area contributed by atoms with Crippen LogP contribution in [0.4, 0.5) is 0 Å². The number of ether oxygens (including phenoxy) is 1. The molecule has 0 spiro atoms. The molecule has 3 heterocycles. The number of nitrogens with zero attached hydrogens (tertiary/aromatic N) is 6. The highest BCUT2D eigenvalue weighted by molar-refractivity contribution is 6.75. The van der Waals surface area contributed by atoms with Gasteiger partial charge in [-0.2, -0.15) is 10.1 Å². The van der Waals surface area contributed by atoms with E-state index in [1.165, 1.54) is 21.9 Å². The smallest absolute Gasteiger partial charge is 0.388 e. The summed E-state index contributed by atoms with van der Waals surface area (Å²) in [6.07, 6.45) is 1.93. The summed E-state index contributed by atoms with van der Waals surface area (Å²) in [4.78, 5) is 26.1. The molecule has 14 heteroatoms. The summed E-state index contributed by atoms with van der Waals surface area (Å²) in [6.45, 7) is 41.0. The van der Waals surface area contributed by atoms with Crippen LogP contribution in [-0.4, -0.2) is 73.8 Å². The molecule has 0 saturated carbocycles. The van der Waals surface area contributed by atoms with Gasteiger partial charge in [-0.3, -0.25) is 14.1 Å². The van der Waals surface area contributed by atoms with Gasteiger partial charge in [-0.05, 0) is 60.5 Å². The first-order valence-corrected chi connectivity index (χ1v) is 24.0.